The Hall–Kier alpha value is -2.62. The van der Waals surface area contributed by atoms with Crippen LogP contribution in [0.1, 0.15) is 11.1 Å². The molecule has 0 N–H and O–H groups in total. The Bertz CT molecular complexity index is 905. The van der Waals surface area contributed by atoms with Crippen LogP contribution in [-0.4, -0.2) is 60.3 Å². The molecule has 0 bridgehead atoms. The van der Waals surface area contributed by atoms with Gasteiger partial charge in [-0.1, -0.05) is 36.4 Å². The lowest BCUT2D eigenvalue weighted by atomic mass is 9.90. The van der Waals surface area contributed by atoms with Crippen molar-refractivity contribution >= 4 is 16.9 Å². The predicted octanol–water partition coefficient (Wildman–Crippen LogP) is 4.81. The molecule has 0 atom stereocenters. The lowest BCUT2D eigenvalue weighted by Gasteiger charge is -2.24. The van der Waals surface area contributed by atoms with Crippen LogP contribution < -0.4 is 9.38 Å². The molecule has 29 heavy (non-hydrogen) atoms. The lowest BCUT2D eigenvalue weighted by molar-refractivity contribution is 0.390. The van der Waals surface area contributed by atoms with E-state index in [4.69, 9.17) is 0 Å². The average molecular weight is 389 g/mol. The molecule has 0 saturated carbocycles. The van der Waals surface area contributed by atoms with E-state index < -0.39 is 0 Å². The summed E-state index contributed by atoms with van der Waals surface area (Å²) < 4.78 is 0.814. The van der Waals surface area contributed by atoms with E-state index in [-0.39, 0.29) is 0 Å². The van der Waals surface area contributed by atoms with Gasteiger partial charge in [0.15, 0.2) is 0 Å². The highest BCUT2D eigenvalue weighted by Crippen LogP contribution is 2.32. The largest absolute Gasteiger partial charge is 0.378 e. The van der Waals surface area contributed by atoms with Gasteiger partial charge in [-0.25, -0.2) is 0 Å². The van der Waals surface area contributed by atoms with E-state index in [1.54, 1.807) is 0 Å². The van der Waals surface area contributed by atoms with Crippen LogP contribution in [0.4, 0.5) is 11.4 Å². The summed E-state index contributed by atoms with van der Waals surface area (Å²) in [6.07, 6.45) is 9.05. The molecule has 0 aliphatic heterocycles. The van der Waals surface area contributed by atoms with Crippen molar-refractivity contribution < 1.29 is 0 Å². The molecule has 0 radical (unpaired) electrons. The Morgan fingerprint density at radius 1 is 0.724 bits per heavy atom. The van der Waals surface area contributed by atoms with Crippen molar-refractivity contribution in [2.24, 2.45) is 0 Å². The summed E-state index contributed by atoms with van der Waals surface area (Å²) in [4.78, 5) is 4.35. The zero-order valence-corrected chi connectivity index (χ0v) is 18.8. The van der Waals surface area contributed by atoms with Gasteiger partial charge in [0, 0.05) is 25.8 Å². The fourth-order valence-corrected chi connectivity index (χ4v) is 3.54. The van der Waals surface area contributed by atoms with Crippen molar-refractivity contribution in [2.45, 2.75) is 6.04 Å². The van der Waals surface area contributed by atoms with Gasteiger partial charge in [0.25, 0.3) is 0 Å². The smallest absolute Gasteiger partial charge is 0.132 e. The molecule has 0 spiro atoms. The quantitative estimate of drug-likeness (QED) is 0.679. The summed E-state index contributed by atoms with van der Waals surface area (Å²) >= 11 is 0. The van der Waals surface area contributed by atoms with Gasteiger partial charge >= 0.3 is 0 Å². The first-order chi connectivity index (χ1) is 13.7. The molecule has 1 aliphatic carbocycles. The van der Waals surface area contributed by atoms with Crippen molar-refractivity contribution in [3.8, 4) is 0 Å². The third kappa shape index (κ3) is 4.87. The third-order valence-corrected chi connectivity index (χ3v) is 5.43. The second kappa shape index (κ2) is 8.40. The first-order valence-corrected chi connectivity index (χ1v) is 10.1. The highest BCUT2D eigenvalue weighted by molar-refractivity contribution is 5.86. The molecule has 2 aromatic carbocycles. The zero-order valence-electron chi connectivity index (χ0n) is 18.8. The summed E-state index contributed by atoms with van der Waals surface area (Å²) in [5.74, 6) is 0. The van der Waals surface area contributed by atoms with Crippen molar-refractivity contribution in [2.75, 3.05) is 54.2 Å². The minimum Gasteiger partial charge on any atom is -0.378 e. The Balaban J connectivity index is 2.09. The maximum Gasteiger partial charge on any atom is 0.132 e. The molecule has 0 fully saturated rings. The predicted molar refractivity (Wildman–Crippen MR) is 129 cm³/mol. The van der Waals surface area contributed by atoms with E-state index in [0.29, 0.717) is 6.04 Å². The molecular weight excluding hydrogens is 354 g/mol. The van der Waals surface area contributed by atoms with E-state index in [0.717, 1.165) is 4.48 Å². The van der Waals surface area contributed by atoms with Crippen LogP contribution in [-0.2, 0) is 0 Å². The zero-order chi connectivity index (χ0) is 21.2. The Morgan fingerprint density at radius 2 is 1.21 bits per heavy atom. The summed E-state index contributed by atoms with van der Waals surface area (Å²) in [7, 11) is 15.0. The van der Waals surface area contributed by atoms with Gasteiger partial charge in [-0.3, -0.25) is 9.38 Å². The molecule has 3 heteroatoms. The van der Waals surface area contributed by atoms with Crippen molar-refractivity contribution in [3.63, 3.8) is 0 Å². The van der Waals surface area contributed by atoms with Crippen molar-refractivity contribution in [1.82, 2.24) is 9.38 Å². The van der Waals surface area contributed by atoms with E-state index in [2.05, 4.69) is 132 Å². The van der Waals surface area contributed by atoms with Crippen LogP contribution in [0.5, 0.6) is 0 Å². The van der Waals surface area contributed by atoms with Crippen LogP contribution >= 0.6 is 0 Å². The highest BCUT2D eigenvalue weighted by atomic mass is 15.3. The number of quaternary nitrogens is 1. The number of hydrogen-bond acceptors (Lipinski definition) is 2. The number of likely N-dealkylation sites (N-methyl/N-ethyl adjacent to an activating group) is 1. The van der Waals surface area contributed by atoms with E-state index >= 15 is 0 Å². The van der Waals surface area contributed by atoms with Gasteiger partial charge in [0.05, 0.1) is 21.1 Å². The first kappa shape index (κ1) is 21.1. The van der Waals surface area contributed by atoms with Gasteiger partial charge in [0.2, 0.25) is 0 Å². The van der Waals surface area contributed by atoms with Crippen LogP contribution in [0.3, 0.4) is 0 Å². The number of nitrogens with zero attached hydrogens (tertiary/aromatic N) is 3. The molecule has 3 nitrogen and oxygen atoms in total. The fraction of sp³-hybridized carbons (Fsp3) is 0.308. The minimum atomic E-state index is 0.344. The maximum absolute atomic E-state index is 2.27. The molecule has 0 unspecified atom stereocenters. The maximum atomic E-state index is 2.27. The Labute approximate surface area is 176 Å². The fourth-order valence-electron chi connectivity index (χ4n) is 3.54. The second-order valence-corrected chi connectivity index (χ2v) is 9.00. The molecule has 3 rings (SSSR count). The van der Waals surface area contributed by atoms with E-state index in [9.17, 15) is 0 Å². The molecule has 0 heterocycles. The third-order valence-electron chi connectivity index (χ3n) is 5.43. The monoisotopic (exact) mass is 388 g/mol. The number of benzene rings is 2. The van der Waals surface area contributed by atoms with E-state index in [1.165, 1.54) is 33.6 Å². The SMILES string of the molecule is CN(C)c1ccc(C(=C2C=CC(N(C)C)C=C2)c2ccc([N+](C)(C)C)cc2)cc1. The topological polar surface area (TPSA) is 6.48 Å². The minimum absolute atomic E-state index is 0.344. The molecule has 2 aromatic rings. The van der Waals surface area contributed by atoms with Crippen LogP contribution in [0.2, 0.25) is 0 Å². The molecular formula is C26H34N3+. The number of anilines is 1. The van der Waals surface area contributed by atoms with Crippen LogP contribution in [0.25, 0.3) is 5.57 Å². The number of rotatable bonds is 5. The van der Waals surface area contributed by atoms with Crippen LogP contribution in [0, 0.1) is 0 Å². The molecule has 1 aliphatic rings. The number of allylic oxidation sites excluding steroid dienone is 3. The summed E-state index contributed by atoms with van der Waals surface area (Å²) in [5.41, 5.74) is 7.50. The normalized spacial score (nSPS) is 16.4. The van der Waals surface area contributed by atoms with E-state index in [1.807, 2.05) is 0 Å². The summed E-state index contributed by atoms with van der Waals surface area (Å²) in [5, 5.41) is 0. The summed E-state index contributed by atoms with van der Waals surface area (Å²) in [6, 6.07) is 18.2. The van der Waals surface area contributed by atoms with Gasteiger partial charge in [-0.05, 0) is 72.8 Å². The Morgan fingerprint density at radius 3 is 1.62 bits per heavy atom. The highest BCUT2D eigenvalue weighted by Gasteiger charge is 2.16. The second-order valence-electron chi connectivity index (χ2n) is 9.00. The molecule has 0 amide bonds. The van der Waals surface area contributed by atoms with Gasteiger partial charge in [-0.15, -0.1) is 0 Å². The van der Waals surface area contributed by atoms with Crippen molar-refractivity contribution in [1.29, 1.82) is 0 Å². The molecule has 152 valence electrons. The van der Waals surface area contributed by atoms with Gasteiger partial charge < -0.3 is 4.90 Å². The van der Waals surface area contributed by atoms with Gasteiger partial charge in [-0.2, -0.15) is 0 Å². The average Bonchev–Trinajstić information content (AvgIpc) is 2.69. The lowest BCUT2D eigenvalue weighted by Crippen LogP contribution is -2.34. The molecule has 0 aromatic heterocycles. The first-order valence-electron chi connectivity index (χ1n) is 10.1. The summed E-state index contributed by atoms with van der Waals surface area (Å²) in [6.45, 7) is 0. The van der Waals surface area contributed by atoms with Gasteiger partial charge in [0.1, 0.15) is 5.69 Å². The Kier molecular flexibility index (Phi) is 6.11. The standard InChI is InChI=1S/C26H34N3/c1-27(2)23-14-8-20(9-15-23)26(21-10-16-24(17-11-21)28(3)4)22-12-18-25(19-13-22)29(5,6)7/h8-19,23H,1-7H3/q+1. The number of hydrogen-bond donors (Lipinski definition) is 0. The molecule has 0 saturated heterocycles. The van der Waals surface area contributed by atoms with Crippen molar-refractivity contribution in [3.05, 3.63) is 89.5 Å². The van der Waals surface area contributed by atoms with Crippen LogP contribution in [0.15, 0.2) is 78.4 Å².